The molecule has 20 heavy (non-hydrogen) atoms. The molecule has 0 aliphatic heterocycles. The number of rotatable bonds is 3. The first-order valence-electron chi connectivity index (χ1n) is 6.13. The second kappa shape index (κ2) is 5.97. The molecule has 5 nitrogen and oxygen atoms in total. The average Bonchev–Trinajstić information content (AvgIpc) is 2.41. The minimum atomic E-state index is -0.112. The van der Waals surface area contributed by atoms with E-state index in [2.05, 4.69) is 15.5 Å². The van der Waals surface area contributed by atoms with E-state index in [-0.39, 0.29) is 11.7 Å². The number of phenols is 1. The normalized spacial score (nSPS) is 10.7. The van der Waals surface area contributed by atoms with Gasteiger partial charge in [0, 0.05) is 12.6 Å². The van der Waals surface area contributed by atoms with Crippen LogP contribution in [0, 0.1) is 6.92 Å². The maximum Gasteiger partial charge on any atom is 0.221 e. The molecule has 0 radical (unpaired) electrons. The predicted octanol–water partition coefficient (Wildman–Crippen LogP) is 4.07. The van der Waals surface area contributed by atoms with Crippen LogP contribution in [0.3, 0.4) is 0 Å². The Hall–Kier alpha value is -2.69. The van der Waals surface area contributed by atoms with Crippen LogP contribution in [0.5, 0.6) is 5.75 Å². The molecule has 0 saturated heterocycles. The Bertz CT molecular complexity index is 649. The lowest BCUT2D eigenvalue weighted by Crippen LogP contribution is -2.04. The summed E-state index contributed by atoms with van der Waals surface area (Å²) in [5, 5.41) is 20.3. The van der Waals surface area contributed by atoms with Crippen molar-refractivity contribution in [1.82, 2.24) is 0 Å². The maximum absolute atomic E-state index is 10.9. The van der Waals surface area contributed by atoms with E-state index in [0.717, 1.165) is 11.3 Å². The minimum Gasteiger partial charge on any atom is -0.508 e. The third-order valence-electron chi connectivity index (χ3n) is 2.65. The zero-order valence-corrected chi connectivity index (χ0v) is 11.3. The fourth-order valence-electron chi connectivity index (χ4n) is 1.63. The molecule has 5 heteroatoms. The highest BCUT2D eigenvalue weighted by molar-refractivity contribution is 5.88. The number of carbonyl (C=O) groups is 1. The van der Waals surface area contributed by atoms with Gasteiger partial charge in [-0.25, -0.2) is 0 Å². The molecule has 2 rings (SSSR count). The van der Waals surface area contributed by atoms with Gasteiger partial charge in [-0.15, -0.1) is 0 Å². The van der Waals surface area contributed by atoms with Crippen molar-refractivity contribution in [3.8, 4) is 5.75 Å². The third kappa shape index (κ3) is 3.65. The Morgan fingerprint density at radius 1 is 1.05 bits per heavy atom. The fraction of sp³-hybridized carbons (Fsp3) is 0.133. The van der Waals surface area contributed by atoms with Gasteiger partial charge in [-0.3, -0.25) is 4.79 Å². The second-order valence-corrected chi connectivity index (χ2v) is 4.40. The quantitative estimate of drug-likeness (QED) is 0.824. The van der Waals surface area contributed by atoms with Crippen LogP contribution >= 0.6 is 0 Å². The van der Waals surface area contributed by atoms with Crippen LogP contribution in [0.15, 0.2) is 52.7 Å². The molecule has 0 heterocycles. The average molecular weight is 269 g/mol. The van der Waals surface area contributed by atoms with Crippen molar-refractivity contribution < 1.29 is 9.90 Å². The lowest BCUT2D eigenvalue weighted by Gasteiger charge is -2.01. The van der Waals surface area contributed by atoms with Crippen molar-refractivity contribution in [2.45, 2.75) is 13.8 Å². The van der Waals surface area contributed by atoms with Gasteiger partial charge in [0.15, 0.2) is 0 Å². The number of nitrogens with one attached hydrogen (secondary N) is 1. The SMILES string of the molecule is CC(=O)Nc1ccc(N=Nc2ccc(O)c(C)c2)cc1. The highest BCUT2D eigenvalue weighted by atomic mass is 16.3. The summed E-state index contributed by atoms with van der Waals surface area (Å²) >= 11 is 0. The predicted molar refractivity (Wildman–Crippen MR) is 77.8 cm³/mol. The third-order valence-corrected chi connectivity index (χ3v) is 2.65. The van der Waals surface area contributed by atoms with Gasteiger partial charge in [-0.1, -0.05) is 0 Å². The van der Waals surface area contributed by atoms with Crippen LogP contribution in [0.1, 0.15) is 12.5 Å². The first-order chi connectivity index (χ1) is 9.54. The van der Waals surface area contributed by atoms with Crippen molar-refractivity contribution in [3.63, 3.8) is 0 Å². The molecule has 0 spiro atoms. The van der Waals surface area contributed by atoms with E-state index >= 15 is 0 Å². The molecule has 0 aliphatic rings. The monoisotopic (exact) mass is 269 g/mol. The van der Waals surface area contributed by atoms with Crippen molar-refractivity contribution in [3.05, 3.63) is 48.0 Å². The Kier molecular flexibility index (Phi) is 4.10. The zero-order valence-electron chi connectivity index (χ0n) is 11.3. The molecule has 2 N–H and O–H groups in total. The molecule has 0 atom stereocenters. The molecule has 2 aromatic rings. The lowest BCUT2D eigenvalue weighted by molar-refractivity contribution is -0.114. The molecular weight excluding hydrogens is 254 g/mol. The molecule has 2 aromatic carbocycles. The zero-order chi connectivity index (χ0) is 14.5. The molecule has 0 aliphatic carbocycles. The van der Waals surface area contributed by atoms with E-state index in [0.29, 0.717) is 11.4 Å². The van der Waals surface area contributed by atoms with Crippen molar-refractivity contribution in [2.75, 3.05) is 5.32 Å². The number of anilines is 1. The molecule has 1 amide bonds. The van der Waals surface area contributed by atoms with Crippen LogP contribution < -0.4 is 5.32 Å². The topological polar surface area (TPSA) is 74.0 Å². The number of benzene rings is 2. The number of nitrogens with zero attached hydrogens (tertiary/aromatic N) is 2. The molecule has 0 bridgehead atoms. The van der Waals surface area contributed by atoms with E-state index in [1.54, 1.807) is 49.4 Å². The maximum atomic E-state index is 10.9. The van der Waals surface area contributed by atoms with E-state index < -0.39 is 0 Å². The van der Waals surface area contributed by atoms with E-state index in [4.69, 9.17) is 0 Å². The van der Waals surface area contributed by atoms with Gasteiger partial charge < -0.3 is 10.4 Å². The Labute approximate surface area is 117 Å². The summed E-state index contributed by atoms with van der Waals surface area (Å²) < 4.78 is 0. The standard InChI is InChI=1S/C15H15N3O2/c1-10-9-14(7-8-15(10)20)18-17-13-5-3-12(4-6-13)16-11(2)19/h3-9,20H,1-2H3,(H,16,19). The summed E-state index contributed by atoms with van der Waals surface area (Å²) in [6.45, 7) is 3.26. The minimum absolute atomic E-state index is 0.112. The molecule has 0 saturated carbocycles. The summed E-state index contributed by atoms with van der Waals surface area (Å²) in [6, 6.07) is 12.1. The van der Waals surface area contributed by atoms with E-state index in [1.165, 1.54) is 6.92 Å². The molecule has 0 unspecified atom stereocenters. The van der Waals surface area contributed by atoms with Crippen molar-refractivity contribution >= 4 is 23.0 Å². The molecule has 0 aromatic heterocycles. The van der Waals surface area contributed by atoms with Gasteiger partial charge >= 0.3 is 0 Å². The van der Waals surface area contributed by atoms with Gasteiger partial charge in [-0.2, -0.15) is 10.2 Å². The van der Waals surface area contributed by atoms with Gasteiger partial charge in [-0.05, 0) is 55.0 Å². The van der Waals surface area contributed by atoms with Crippen LogP contribution in [0.25, 0.3) is 0 Å². The fourth-order valence-corrected chi connectivity index (χ4v) is 1.63. The first kappa shape index (κ1) is 13.7. The summed E-state index contributed by atoms with van der Waals surface area (Å²) in [6.07, 6.45) is 0. The summed E-state index contributed by atoms with van der Waals surface area (Å²) in [5.74, 6) is 0.127. The first-order valence-corrected chi connectivity index (χ1v) is 6.13. The van der Waals surface area contributed by atoms with Crippen LogP contribution in [-0.4, -0.2) is 11.0 Å². The van der Waals surface area contributed by atoms with Gasteiger partial charge in [0.2, 0.25) is 5.91 Å². The number of aryl methyl sites for hydroxylation is 1. The summed E-state index contributed by atoms with van der Waals surface area (Å²) in [5.41, 5.74) is 2.83. The van der Waals surface area contributed by atoms with E-state index in [1.807, 2.05) is 0 Å². The Morgan fingerprint density at radius 3 is 2.25 bits per heavy atom. The van der Waals surface area contributed by atoms with Crippen molar-refractivity contribution in [1.29, 1.82) is 0 Å². The van der Waals surface area contributed by atoms with Crippen LogP contribution in [0.4, 0.5) is 17.1 Å². The van der Waals surface area contributed by atoms with Crippen LogP contribution in [-0.2, 0) is 4.79 Å². The number of hydrogen-bond acceptors (Lipinski definition) is 4. The largest absolute Gasteiger partial charge is 0.508 e. The number of phenolic OH excluding ortho intramolecular Hbond substituents is 1. The summed E-state index contributed by atoms with van der Waals surface area (Å²) in [4.78, 5) is 10.9. The van der Waals surface area contributed by atoms with E-state index in [9.17, 15) is 9.90 Å². The molecule has 102 valence electrons. The number of hydrogen-bond donors (Lipinski definition) is 2. The number of aromatic hydroxyl groups is 1. The number of azo groups is 1. The Balaban J connectivity index is 2.10. The molecule has 0 fully saturated rings. The Morgan fingerprint density at radius 2 is 1.65 bits per heavy atom. The van der Waals surface area contributed by atoms with Crippen LogP contribution in [0.2, 0.25) is 0 Å². The number of carbonyl (C=O) groups excluding carboxylic acids is 1. The van der Waals surface area contributed by atoms with Crippen molar-refractivity contribution in [2.24, 2.45) is 10.2 Å². The van der Waals surface area contributed by atoms with Gasteiger partial charge in [0.25, 0.3) is 0 Å². The number of amides is 1. The van der Waals surface area contributed by atoms with Gasteiger partial charge in [0.05, 0.1) is 11.4 Å². The summed E-state index contributed by atoms with van der Waals surface area (Å²) in [7, 11) is 0. The molecular formula is C15H15N3O2. The highest BCUT2D eigenvalue weighted by Gasteiger charge is 1.98. The lowest BCUT2D eigenvalue weighted by atomic mass is 10.2. The smallest absolute Gasteiger partial charge is 0.221 e. The van der Waals surface area contributed by atoms with Gasteiger partial charge in [0.1, 0.15) is 5.75 Å². The second-order valence-electron chi connectivity index (χ2n) is 4.40. The highest BCUT2D eigenvalue weighted by Crippen LogP contribution is 2.24.